The molecule has 1 saturated carbocycles. The van der Waals surface area contributed by atoms with Gasteiger partial charge in [0.05, 0.1) is 47.6 Å². The summed E-state index contributed by atoms with van der Waals surface area (Å²) >= 11 is 0. The lowest BCUT2D eigenvalue weighted by atomic mass is 9.76. The molecular weight excluding hydrogens is 530 g/mol. The first-order valence-corrected chi connectivity index (χ1v) is 15.9. The number of carbonyl (C=O) groups excluding carboxylic acids is 2. The van der Waals surface area contributed by atoms with E-state index in [1.807, 2.05) is 0 Å². The standard InChI is InChI=1S/C32H62NO6.ClH/c1-7-8-9-10-11-12-14-19-30(29-17-15-13-16-18-29)20-22-37-32(28(3)39-31(35)26-27(2)34)38-25-24-36-23-21-33(4,5)6;/h28-30,32H,7-26H2,1-6H3;1H/q+1;/p-1. The number of unbranched alkanes of at least 4 members (excludes halogenated alkanes) is 6. The van der Waals surface area contributed by atoms with Crippen molar-refractivity contribution >= 4 is 11.8 Å². The highest BCUT2D eigenvalue weighted by Crippen LogP contribution is 2.35. The van der Waals surface area contributed by atoms with Gasteiger partial charge in [-0.15, -0.1) is 0 Å². The first-order valence-electron chi connectivity index (χ1n) is 15.9. The molecule has 238 valence electrons. The molecule has 0 spiro atoms. The van der Waals surface area contributed by atoms with Crippen LogP contribution in [0.2, 0.25) is 0 Å². The van der Waals surface area contributed by atoms with Crippen molar-refractivity contribution in [2.24, 2.45) is 11.8 Å². The fourth-order valence-electron chi connectivity index (χ4n) is 5.41. The topological polar surface area (TPSA) is 71.1 Å². The second kappa shape index (κ2) is 23.8. The molecule has 40 heavy (non-hydrogen) atoms. The minimum absolute atomic E-state index is 0. The van der Waals surface area contributed by atoms with Gasteiger partial charge in [-0.2, -0.15) is 0 Å². The molecule has 1 fully saturated rings. The van der Waals surface area contributed by atoms with E-state index in [2.05, 4.69) is 28.1 Å². The number of rotatable bonds is 24. The molecule has 0 heterocycles. The average Bonchev–Trinajstić information content (AvgIpc) is 2.87. The average molecular weight is 592 g/mol. The Morgan fingerprint density at radius 1 is 0.825 bits per heavy atom. The van der Waals surface area contributed by atoms with E-state index in [4.69, 9.17) is 18.9 Å². The molecule has 1 aliphatic rings. The van der Waals surface area contributed by atoms with Crippen molar-refractivity contribution in [3.63, 3.8) is 0 Å². The molecule has 0 bridgehead atoms. The van der Waals surface area contributed by atoms with E-state index in [-0.39, 0.29) is 24.6 Å². The van der Waals surface area contributed by atoms with Crippen molar-refractivity contribution in [1.29, 1.82) is 0 Å². The third kappa shape index (κ3) is 21.0. The molecule has 0 N–H and O–H groups in total. The summed E-state index contributed by atoms with van der Waals surface area (Å²) in [6, 6.07) is 0. The summed E-state index contributed by atoms with van der Waals surface area (Å²) in [5.74, 6) is 0.723. The number of halogens is 1. The molecule has 0 aromatic carbocycles. The molecule has 1 aliphatic carbocycles. The fourth-order valence-corrected chi connectivity index (χ4v) is 5.41. The lowest BCUT2D eigenvalue weighted by Gasteiger charge is -2.31. The van der Waals surface area contributed by atoms with Crippen LogP contribution in [0, 0.1) is 11.8 Å². The molecular formula is C32H62ClNO6. The van der Waals surface area contributed by atoms with Gasteiger partial charge in [0.2, 0.25) is 0 Å². The predicted octanol–water partition coefficient (Wildman–Crippen LogP) is 3.71. The minimum atomic E-state index is -0.673. The minimum Gasteiger partial charge on any atom is -1.00 e. The lowest BCUT2D eigenvalue weighted by molar-refractivity contribution is -0.870. The van der Waals surface area contributed by atoms with E-state index in [9.17, 15) is 9.59 Å². The summed E-state index contributed by atoms with van der Waals surface area (Å²) in [6.07, 6.45) is 16.9. The van der Waals surface area contributed by atoms with Crippen LogP contribution < -0.4 is 12.4 Å². The van der Waals surface area contributed by atoms with E-state index in [1.165, 1.54) is 90.4 Å². The number of ketones is 1. The summed E-state index contributed by atoms with van der Waals surface area (Å²) in [4.78, 5) is 23.5. The van der Waals surface area contributed by atoms with Crippen LogP contribution in [0.1, 0.15) is 117 Å². The molecule has 3 atom stereocenters. The van der Waals surface area contributed by atoms with Crippen molar-refractivity contribution in [3.05, 3.63) is 0 Å². The van der Waals surface area contributed by atoms with Crippen LogP contribution >= 0.6 is 0 Å². The highest BCUT2D eigenvalue weighted by molar-refractivity contribution is 5.94. The van der Waals surface area contributed by atoms with E-state index >= 15 is 0 Å². The van der Waals surface area contributed by atoms with Crippen LogP contribution in [0.15, 0.2) is 0 Å². The SMILES string of the molecule is CCCCCCCCCC(CCOC(OCCOCC[N+](C)(C)C)C(C)OC(=O)CC(C)=O)C1CCCCC1.[Cl-]. The Balaban J connectivity index is 0.0000152. The molecule has 0 radical (unpaired) electrons. The van der Waals surface area contributed by atoms with Crippen molar-refractivity contribution in [1.82, 2.24) is 0 Å². The van der Waals surface area contributed by atoms with Gasteiger partial charge in [0.25, 0.3) is 0 Å². The summed E-state index contributed by atoms with van der Waals surface area (Å²) in [5, 5.41) is 0. The van der Waals surface area contributed by atoms with Gasteiger partial charge in [-0.05, 0) is 32.1 Å². The third-order valence-electron chi connectivity index (χ3n) is 7.78. The maximum atomic E-state index is 12.1. The Labute approximate surface area is 252 Å². The molecule has 0 aliphatic heterocycles. The van der Waals surface area contributed by atoms with Gasteiger partial charge < -0.3 is 35.8 Å². The van der Waals surface area contributed by atoms with Crippen LogP contribution in [0.3, 0.4) is 0 Å². The molecule has 3 unspecified atom stereocenters. The smallest absolute Gasteiger partial charge is 0.313 e. The summed E-state index contributed by atoms with van der Waals surface area (Å²) in [7, 11) is 6.40. The Morgan fingerprint density at radius 3 is 2.08 bits per heavy atom. The molecule has 0 aromatic rings. The summed E-state index contributed by atoms with van der Waals surface area (Å²) in [6.45, 7) is 8.41. The first-order chi connectivity index (χ1) is 18.6. The number of esters is 1. The van der Waals surface area contributed by atoms with Crippen LogP contribution in [-0.2, 0) is 28.5 Å². The van der Waals surface area contributed by atoms with Gasteiger partial charge in [-0.3, -0.25) is 9.59 Å². The number of hydrogen-bond acceptors (Lipinski definition) is 6. The van der Waals surface area contributed by atoms with Gasteiger partial charge in [0, 0.05) is 0 Å². The monoisotopic (exact) mass is 591 g/mol. The zero-order chi connectivity index (χ0) is 28.9. The van der Waals surface area contributed by atoms with Crippen LogP contribution in [-0.4, -0.2) is 82.7 Å². The molecule has 0 aromatic heterocycles. The molecule has 8 heteroatoms. The van der Waals surface area contributed by atoms with Crippen LogP contribution in [0.5, 0.6) is 0 Å². The van der Waals surface area contributed by atoms with Crippen molar-refractivity contribution in [2.75, 3.05) is 54.1 Å². The Morgan fingerprint density at radius 2 is 1.45 bits per heavy atom. The van der Waals surface area contributed by atoms with Crippen molar-refractivity contribution < 1.29 is 45.4 Å². The van der Waals surface area contributed by atoms with Gasteiger partial charge in [-0.25, -0.2) is 0 Å². The quantitative estimate of drug-likeness (QED) is 0.0560. The van der Waals surface area contributed by atoms with Gasteiger partial charge in [-0.1, -0.05) is 90.4 Å². The number of hydrogen-bond donors (Lipinski definition) is 0. The van der Waals surface area contributed by atoms with Crippen molar-refractivity contribution in [3.8, 4) is 0 Å². The number of Topliss-reactive ketones (excluding diaryl/α,β-unsaturated/α-hetero) is 1. The highest BCUT2D eigenvalue weighted by atomic mass is 35.5. The second-order valence-corrected chi connectivity index (χ2v) is 12.7. The molecule has 0 amide bonds. The second-order valence-electron chi connectivity index (χ2n) is 12.7. The summed E-state index contributed by atoms with van der Waals surface area (Å²) in [5.41, 5.74) is 0. The molecule has 1 rings (SSSR count). The van der Waals surface area contributed by atoms with Crippen molar-refractivity contribution in [2.45, 2.75) is 129 Å². The number of likely N-dealkylation sites (N-methyl/N-ethyl adjacent to an activating group) is 1. The van der Waals surface area contributed by atoms with Gasteiger partial charge in [0.1, 0.15) is 24.9 Å². The predicted molar refractivity (Wildman–Crippen MR) is 158 cm³/mol. The zero-order valence-corrected chi connectivity index (χ0v) is 27.5. The maximum absolute atomic E-state index is 12.1. The summed E-state index contributed by atoms with van der Waals surface area (Å²) < 4.78 is 24.3. The fraction of sp³-hybridized carbons (Fsp3) is 0.938. The Kier molecular flexibility index (Phi) is 23.4. The highest BCUT2D eigenvalue weighted by Gasteiger charge is 2.26. The molecule has 7 nitrogen and oxygen atoms in total. The van der Waals surface area contributed by atoms with Gasteiger partial charge in [0.15, 0.2) is 6.29 Å². The zero-order valence-electron chi connectivity index (χ0n) is 26.7. The normalized spacial score (nSPS) is 16.6. The van der Waals surface area contributed by atoms with Crippen LogP contribution in [0.4, 0.5) is 0 Å². The lowest BCUT2D eigenvalue weighted by Crippen LogP contribution is -3.00. The number of quaternary nitrogens is 1. The Bertz CT molecular complexity index is 635. The molecule has 0 saturated heterocycles. The Hall–Kier alpha value is -0.730. The largest absolute Gasteiger partial charge is 1.00 e. The first kappa shape index (κ1) is 39.3. The number of nitrogens with zero attached hydrogens (tertiary/aromatic N) is 1. The number of carbonyl (C=O) groups is 2. The van der Waals surface area contributed by atoms with E-state index < -0.39 is 18.4 Å². The van der Waals surface area contributed by atoms with Gasteiger partial charge >= 0.3 is 5.97 Å². The van der Waals surface area contributed by atoms with E-state index in [0.29, 0.717) is 32.3 Å². The van der Waals surface area contributed by atoms with E-state index in [0.717, 1.165) is 23.4 Å². The maximum Gasteiger partial charge on any atom is 0.313 e. The van der Waals surface area contributed by atoms with E-state index in [1.54, 1.807) is 6.92 Å². The number of ether oxygens (including phenoxy) is 4. The third-order valence-corrected chi connectivity index (χ3v) is 7.78. The van der Waals surface area contributed by atoms with Crippen LogP contribution in [0.25, 0.3) is 0 Å².